The van der Waals surface area contributed by atoms with Crippen LogP contribution in [-0.4, -0.2) is 39.2 Å². The summed E-state index contributed by atoms with van der Waals surface area (Å²) in [6, 6.07) is 7.31. The van der Waals surface area contributed by atoms with Gasteiger partial charge in [-0.3, -0.25) is 4.98 Å². The highest BCUT2D eigenvalue weighted by Crippen LogP contribution is 2.23. The molecule has 1 aromatic carbocycles. The van der Waals surface area contributed by atoms with Crippen LogP contribution in [0.4, 0.5) is 0 Å². The Morgan fingerprint density at radius 3 is 2.64 bits per heavy atom. The Morgan fingerprint density at radius 2 is 1.91 bits per heavy atom. The van der Waals surface area contributed by atoms with E-state index in [9.17, 15) is 9.90 Å². The van der Waals surface area contributed by atoms with E-state index in [1.807, 2.05) is 18.2 Å². The van der Waals surface area contributed by atoms with Gasteiger partial charge in [0.1, 0.15) is 5.69 Å². The van der Waals surface area contributed by atoms with Gasteiger partial charge in [0, 0.05) is 13.1 Å². The van der Waals surface area contributed by atoms with Crippen LogP contribution in [0.3, 0.4) is 0 Å². The van der Waals surface area contributed by atoms with E-state index in [0.717, 1.165) is 19.3 Å². The maximum absolute atomic E-state index is 12.3. The lowest BCUT2D eigenvalue weighted by Gasteiger charge is -2.28. The number of nitrogens with zero attached hydrogens (tertiary/aromatic N) is 3. The number of carbonyl (C=O) groups excluding carboxylic acids is 1. The second-order valence-corrected chi connectivity index (χ2v) is 5.68. The van der Waals surface area contributed by atoms with Crippen molar-refractivity contribution in [3.8, 4) is 0 Å². The smallest absolute Gasteiger partial charge is 0.363 e. The number of benzene rings is 1. The summed E-state index contributed by atoms with van der Waals surface area (Å²) in [5, 5.41) is 12.1. The third-order valence-electron chi connectivity index (χ3n) is 3.87. The fraction of sp³-hybridized carbons (Fsp3) is 0.438. The largest absolute Gasteiger partial charge is 0.373 e. The van der Waals surface area contributed by atoms with E-state index < -0.39 is 11.6 Å². The molecule has 1 saturated heterocycles. The van der Waals surface area contributed by atoms with Gasteiger partial charge in [0.05, 0.1) is 17.2 Å². The minimum absolute atomic E-state index is 0.188. The average molecular weight is 301 g/mol. The van der Waals surface area contributed by atoms with Crippen molar-refractivity contribution in [1.82, 2.24) is 15.0 Å². The molecule has 1 aromatic heterocycles. The van der Waals surface area contributed by atoms with E-state index >= 15 is 0 Å². The molecule has 0 saturated carbocycles. The van der Waals surface area contributed by atoms with Crippen LogP contribution in [0.5, 0.6) is 0 Å². The highest BCUT2D eigenvalue weighted by molar-refractivity contribution is 5.81. The van der Waals surface area contributed by atoms with Crippen molar-refractivity contribution in [3.05, 3.63) is 36.2 Å². The summed E-state index contributed by atoms with van der Waals surface area (Å²) in [6.07, 6.45) is 4.54. The molecule has 0 aliphatic carbocycles. The Bertz CT molecular complexity index is 681. The van der Waals surface area contributed by atoms with Gasteiger partial charge < -0.3 is 9.94 Å². The lowest BCUT2D eigenvalue weighted by molar-refractivity contribution is -0.214. The van der Waals surface area contributed by atoms with Crippen molar-refractivity contribution in [2.75, 3.05) is 13.1 Å². The van der Waals surface area contributed by atoms with Gasteiger partial charge in [-0.2, -0.15) is 0 Å². The van der Waals surface area contributed by atoms with E-state index in [2.05, 4.69) is 9.97 Å². The zero-order valence-electron chi connectivity index (χ0n) is 12.5. The van der Waals surface area contributed by atoms with Crippen LogP contribution in [0.1, 0.15) is 31.9 Å². The summed E-state index contributed by atoms with van der Waals surface area (Å²) >= 11 is 0. The van der Waals surface area contributed by atoms with Gasteiger partial charge in [-0.25, -0.2) is 9.78 Å². The number of hydroxylamine groups is 2. The van der Waals surface area contributed by atoms with Crippen LogP contribution < -0.4 is 0 Å². The molecular weight excluding hydrogens is 282 g/mol. The van der Waals surface area contributed by atoms with E-state index in [1.165, 1.54) is 13.1 Å². The molecule has 6 heteroatoms. The molecule has 2 aromatic rings. The SMILES string of the molecule is CC(O)(C(=O)ON1CCCCC1)c1cnc2ccccc2n1. The molecule has 1 aliphatic rings. The number of piperidine rings is 1. The zero-order valence-corrected chi connectivity index (χ0v) is 12.5. The quantitative estimate of drug-likeness (QED) is 0.931. The van der Waals surface area contributed by atoms with Crippen molar-refractivity contribution < 1.29 is 14.7 Å². The van der Waals surface area contributed by atoms with Crippen molar-refractivity contribution >= 4 is 17.0 Å². The topological polar surface area (TPSA) is 75.6 Å². The first-order valence-electron chi connectivity index (χ1n) is 7.49. The number of carbonyl (C=O) groups is 1. The summed E-state index contributed by atoms with van der Waals surface area (Å²) in [7, 11) is 0. The Balaban J connectivity index is 1.81. The first-order chi connectivity index (χ1) is 10.6. The summed E-state index contributed by atoms with van der Waals surface area (Å²) in [4.78, 5) is 26.1. The summed E-state index contributed by atoms with van der Waals surface area (Å²) < 4.78 is 0. The number of aromatic nitrogens is 2. The number of rotatable bonds is 3. The minimum atomic E-state index is -1.82. The predicted octanol–water partition coefficient (Wildman–Crippen LogP) is 1.78. The molecule has 2 heterocycles. The molecule has 6 nitrogen and oxygen atoms in total. The lowest BCUT2D eigenvalue weighted by atomic mass is 10.0. The fourth-order valence-corrected chi connectivity index (χ4v) is 2.46. The molecule has 3 rings (SSSR count). The molecule has 1 unspecified atom stereocenters. The van der Waals surface area contributed by atoms with E-state index in [1.54, 1.807) is 11.1 Å². The monoisotopic (exact) mass is 301 g/mol. The van der Waals surface area contributed by atoms with Gasteiger partial charge in [0.15, 0.2) is 0 Å². The maximum atomic E-state index is 12.3. The van der Waals surface area contributed by atoms with Crippen LogP contribution >= 0.6 is 0 Å². The lowest BCUT2D eigenvalue weighted by Crippen LogP contribution is -2.41. The highest BCUT2D eigenvalue weighted by Gasteiger charge is 2.38. The van der Waals surface area contributed by atoms with Gasteiger partial charge in [-0.1, -0.05) is 18.6 Å². The van der Waals surface area contributed by atoms with Crippen LogP contribution in [0.15, 0.2) is 30.5 Å². The number of fused-ring (bicyclic) bond motifs is 1. The molecule has 116 valence electrons. The summed E-state index contributed by atoms with van der Waals surface area (Å²) in [6.45, 7) is 2.79. The average Bonchev–Trinajstić information content (AvgIpc) is 2.55. The van der Waals surface area contributed by atoms with Gasteiger partial charge in [-0.05, 0) is 31.9 Å². The molecule has 1 N–H and O–H groups in total. The Kier molecular flexibility index (Phi) is 4.04. The second-order valence-electron chi connectivity index (χ2n) is 5.68. The number of para-hydroxylation sites is 2. The first kappa shape index (κ1) is 14.9. The minimum Gasteiger partial charge on any atom is -0.373 e. The Hall–Kier alpha value is -2.05. The predicted molar refractivity (Wildman–Crippen MR) is 80.6 cm³/mol. The summed E-state index contributed by atoms with van der Waals surface area (Å²) in [5.41, 5.74) is -0.292. The standard InChI is InChI=1S/C16H19N3O3/c1-16(21,15(20)22-19-9-5-2-6-10-19)14-11-17-12-7-3-4-8-13(12)18-14/h3-4,7-8,11,21H,2,5-6,9-10H2,1H3. The zero-order chi connectivity index (χ0) is 15.6. The molecular formula is C16H19N3O3. The van der Waals surface area contributed by atoms with Crippen molar-refractivity contribution in [2.45, 2.75) is 31.8 Å². The molecule has 22 heavy (non-hydrogen) atoms. The van der Waals surface area contributed by atoms with Crippen molar-refractivity contribution in [3.63, 3.8) is 0 Å². The van der Waals surface area contributed by atoms with Gasteiger partial charge in [-0.15, -0.1) is 5.06 Å². The molecule has 0 amide bonds. The molecule has 0 bridgehead atoms. The van der Waals surface area contributed by atoms with Gasteiger partial charge >= 0.3 is 5.97 Å². The maximum Gasteiger partial charge on any atom is 0.363 e. The Labute approximate surface area is 128 Å². The van der Waals surface area contributed by atoms with E-state index in [4.69, 9.17) is 4.84 Å². The summed E-state index contributed by atoms with van der Waals surface area (Å²) in [5.74, 6) is -0.723. The molecule has 1 aliphatic heterocycles. The van der Waals surface area contributed by atoms with Crippen LogP contribution in [0, 0.1) is 0 Å². The van der Waals surface area contributed by atoms with E-state index in [0.29, 0.717) is 24.1 Å². The van der Waals surface area contributed by atoms with Crippen LogP contribution in [-0.2, 0) is 15.2 Å². The normalized spacial score (nSPS) is 18.8. The first-order valence-corrected chi connectivity index (χ1v) is 7.49. The highest BCUT2D eigenvalue weighted by atomic mass is 16.7. The van der Waals surface area contributed by atoms with Crippen LogP contribution in [0.2, 0.25) is 0 Å². The third-order valence-corrected chi connectivity index (χ3v) is 3.87. The van der Waals surface area contributed by atoms with Gasteiger partial charge in [0.2, 0.25) is 5.60 Å². The van der Waals surface area contributed by atoms with Crippen molar-refractivity contribution in [1.29, 1.82) is 0 Å². The number of aliphatic hydroxyl groups is 1. The van der Waals surface area contributed by atoms with Crippen molar-refractivity contribution in [2.24, 2.45) is 0 Å². The molecule has 0 radical (unpaired) electrons. The second kappa shape index (κ2) is 5.98. The third kappa shape index (κ3) is 2.93. The fourth-order valence-electron chi connectivity index (χ4n) is 2.46. The van der Waals surface area contributed by atoms with Gasteiger partial charge in [0.25, 0.3) is 0 Å². The molecule has 1 atom stereocenters. The van der Waals surface area contributed by atoms with E-state index in [-0.39, 0.29) is 5.69 Å². The number of hydrogen-bond donors (Lipinski definition) is 1. The Morgan fingerprint density at radius 1 is 1.23 bits per heavy atom. The molecule has 0 spiro atoms. The molecule has 1 fully saturated rings. The van der Waals surface area contributed by atoms with Crippen LogP contribution in [0.25, 0.3) is 11.0 Å². The number of hydrogen-bond acceptors (Lipinski definition) is 6.